The molecular weight excluding hydrogens is 272 g/mol. The monoisotopic (exact) mass is 288 g/mol. The lowest BCUT2D eigenvalue weighted by molar-refractivity contribution is 0.102. The maximum Gasteiger partial charge on any atom is 0.255 e. The second-order valence-corrected chi connectivity index (χ2v) is 5.08. The number of pyridine rings is 1. The molecule has 1 aromatic heterocycles. The minimum Gasteiger partial charge on any atom is -0.321 e. The van der Waals surface area contributed by atoms with E-state index in [2.05, 4.69) is 10.3 Å². The maximum absolute atomic E-state index is 12.4. The van der Waals surface area contributed by atoms with Gasteiger partial charge >= 0.3 is 0 Å². The van der Waals surface area contributed by atoms with Gasteiger partial charge in [-0.25, -0.2) is 0 Å². The molecule has 0 aliphatic heterocycles. The van der Waals surface area contributed by atoms with Gasteiger partial charge in [-0.2, -0.15) is 0 Å². The molecule has 0 saturated heterocycles. The minimum atomic E-state index is -0.122. The van der Waals surface area contributed by atoms with Gasteiger partial charge in [0.1, 0.15) is 0 Å². The largest absolute Gasteiger partial charge is 0.321 e. The first kappa shape index (κ1) is 14.0. The molecular formula is C19H16N2O. The van der Waals surface area contributed by atoms with Gasteiger partial charge in [0.15, 0.2) is 0 Å². The number of rotatable bonds is 3. The molecule has 22 heavy (non-hydrogen) atoms. The van der Waals surface area contributed by atoms with Gasteiger partial charge in [-0.1, -0.05) is 42.0 Å². The fourth-order valence-corrected chi connectivity index (χ4v) is 2.24. The van der Waals surface area contributed by atoms with Gasteiger partial charge in [-0.15, -0.1) is 0 Å². The highest BCUT2D eigenvalue weighted by Crippen LogP contribution is 2.26. The van der Waals surface area contributed by atoms with Crippen molar-refractivity contribution < 1.29 is 4.79 Å². The molecule has 0 aliphatic rings. The summed E-state index contributed by atoms with van der Waals surface area (Å²) in [6.45, 7) is 2.00. The Labute approximate surface area is 129 Å². The molecule has 0 aliphatic carbocycles. The standard InChI is InChI=1S/C19H16N2O/c1-14-9-11-15(12-10-14)19(22)21-18-8-3-2-6-16(18)17-7-4-5-13-20-17/h2-13H,1H3,(H,21,22). The summed E-state index contributed by atoms with van der Waals surface area (Å²) in [6, 6.07) is 20.9. The van der Waals surface area contributed by atoms with Gasteiger partial charge in [-0.3, -0.25) is 9.78 Å². The Kier molecular flexibility index (Phi) is 3.97. The van der Waals surface area contributed by atoms with Crippen LogP contribution in [0.25, 0.3) is 11.3 Å². The molecule has 0 radical (unpaired) electrons. The third-order valence-electron chi connectivity index (χ3n) is 3.43. The van der Waals surface area contributed by atoms with Crippen molar-refractivity contribution >= 4 is 11.6 Å². The predicted octanol–water partition coefficient (Wildman–Crippen LogP) is 4.31. The third-order valence-corrected chi connectivity index (χ3v) is 3.43. The Morgan fingerprint density at radius 1 is 0.909 bits per heavy atom. The van der Waals surface area contributed by atoms with Gasteiger partial charge in [0, 0.05) is 17.3 Å². The van der Waals surface area contributed by atoms with Crippen LogP contribution in [-0.4, -0.2) is 10.9 Å². The van der Waals surface area contributed by atoms with Crippen LogP contribution in [-0.2, 0) is 0 Å². The highest BCUT2D eigenvalue weighted by atomic mass is 16.1. The Balaban J connectivity index is 1.90. The molecule has 3 heteroatoms. The predicted molar refractivity (Wildman–Crippen MR) is 88.8 cm³/mol. The summed E-state index contributed by atoms with van der Waals surface area (Å²) >= 11 is 0. The van der Waals surface area contributed by atoms with E-state index in [1.165, 1.54) is 0 Å². The number of nitrogens with one attached hydrogen (secondary N) is 1. The van der Waals surface area contributed by atoms with Crippen molar-refractivity contribution in [3.63, 3.8) is 0 Å². The van der Waals surface area contributed by atoms with E-state index < -0.39 is 0 Å². The number of hydrogen-bond acceptors (Lipinski definition) is 2. The first-order valence-electron chi connectivity index (χ1n) is 7.12. The van der Waals surface area contributed by atoms with Gasteiger partial charge in [0.25, 0.3) is 5.91 Å². The molecule has 3 rings (SSSR count). The number of carbonyl (C=O) groups is 1. The van der Waals surface area contributed by atoms with E-state index in [-0.39, 0.29) is 5.91 Å². The highest BCUT2D eigenvalue weighted by molar-refractivity contribution is 6.06. The molecule has 3 nitrogen and oxygen atoms in total. The summed E-state index contributed by atoms with van der Waals surface area (Å²) < 4.78 is 0. The van der Waals surface area contributed by atoms with E-state index in [4.69, 9.17) is 0 Å². The van der Waals surface area contributed by atoms with E-state index in [9.17, 15) is 4.79 Å². The summed E-state index contributed by atoms with van der Waals surface area (Å²) in [5.41, 5.74) is 4.27. The Hall–Kier alpha value is -2.94. The number of amides is 1. The Morgan fingerprint density at radius 2 is 1.64 bits per heavy atom. The topological polar surface area (TPSA) is 42.0 Å². The van der Waals surface area contributed by atoms with Crippen LogP contribution in [0.3, 0.4) is 0 Å². The quantitative estimate of drug-likeness (QED) is 0.780. The van der Waals surface area contributed by atoms with Crippen molar-refractivity contribution in [2.24, 2.45) is 0 Å². The molecule has 1 heterocycles. The molecule has 1 N–H and O–H groups in total. The first-order valence-corrected chi connectivity index (χ1v) is 7.12. The summed E-state index contributed by atoms with van der Waals surface area (Å²) in [5, 5.41) is 2.97. The van der Waals surface area contributed by atoms with Crippen LogP contribution in [0, 0.1) is 6.92 Å². The van der Waals surface area contributed by atoms with Crippen molar-refractivity contribution in [3.8, 4) is 11.3 Å². The average molecular weight is 288 g/mol. The number of nitrogens with zero attached hydrogens (tertiary/aromatic N) is 1. The molecule has 2 aromatic carbocycles. The minimum absolute atomic E-state index is 0.122. The zero-order valence-electron chi connectivity index (χ0n) is 12.3. The van der Waals surface area contributed by atoms with E-state index >= 15 is 0 Å². The van der Waals surface area contributed by atoms with Gasteiger partial charge in [0.05, 0.1) is 11.4 Å². The summed E-state index contributed by atoms with van der Waals surface area (Å²) in [5.74, 6) is -0.122. The number of aryl methyl sites for hydroxylation is 1. The van der Waals surface area contributed by atoms with Crippen LogP contribution in [0.4, 0.5) is 5.69 Å². The van der Waals surface area contributed by atoms with Crippen LogP contribution < -0.4 is 5.32 Å². The van der Waals surface area contributed by atoms with E-state index in [0.717, 1.165) is 22.5 Å². The van der Waals surface area contributed by atoms with Crippen LogP contribution in [0.15, 0.2) is 72.9 Å². The molecule has 0 bridgehead atoms. The molecule has 3 aromatic rings. The van der Waals surface area contributed by atoms with Crippen LogP contribution in [0.5, 0.6) is 0 Å². The number of hydrogen-bond donors (Lipinski definition) is 1. The smallest absolute Gasteiger partial charge is 0.255 e. The zero-order valence-corrected chi connectivity index (χ0v) is 12.3. The van der Waals surface area contributed by atoms with E-state index in [0.29, 0.717) is 5.56 Å². The Morgan fingerprint density at radius 3 is 2.36 bits per heavy atom. The second-order valence-electron chi connectivity index (χ2n) is 5.08. The zero-order chi connectivity index (χ0) is 15.4. The number of anilines is 1. The fraction of sp³-hybridized carbons (Fsp3) is 0.0526. The number of aromatic nitrogens is 1. The SMILES string of the molecule is Cc1ccc(C(=O)Nc2ccccc2-c2ccccn2)cc1. The summed E-state index contributed by atoms with van der Waals surface area (Å²) in [6.07, 6.45) is 1.74. The highest BCUT2D eigenvalue weighted by Gasteiger charge is 2.10. The van der Waals surface area contributed by atoms with Gasteiger partial charge in [0.2, 0.25) is 0 Å². The first-order chi connectivity index (χ1) is 10.7. The van der Waals surface area contributed by atoms with Crippen molar-refractivity contribution in [2.45, 2.75) is 6.92 Å². The van der Waals surface area contributed by atoms with E-state index in [1.54, 1.807) is 6.20 Å². The Bertz CT molecular complexity index is 780. The van der Waals surface area contributed by atoms with Crippen LogP contribution >= 0.6 is 0 Å². The molecule has 108 valence electrons. The summed E-state index contributed by atoms with van der Waals surface area (Å²) in [7, 11) is 0. The number of benzene rings is 2. The molecule has 1 amide bonds. The fourth-order valence-electron chi connectivity index (χ4n) is 2.24. The van der Waals surface area contributed by atoms with Gasteiger partial charge in [-0.05, 0) is 37.3 Å². The van der Waals surface area contributed by atoms with E-state index in [1.807, 2.05) is 73.7 Å². The van der Waals surface area contributed by atoms with Crippen molar-refractivity contribution in [3.05, 3.63) is 84.1 Å². The van der Waals surface area contributed by atoms with Crippen molar-refractivity contribution in [1.82, 2.24) is 4.98 Å². The average Bonchev–Trinajstić information content (AvgIpc) is 2.57. The molecule has 0 unspecified atom stereocenters. The lowest BCUT2D eigenvalue weighted by atomic mass is 10.1. The van der Waals surface area contributed by atoms with Crippen LogP contribution in [0.1, 0.15) is 15.9 Å². The lowest BCUT2D eigenvalue weighted by Gasteiger charge is -2.10. The third kappa shape index (κ3) is 3.04. The van der Waals surface area contributed by atoms with Crippen LogP contribution in [0.2, 0.25) is 0 Å². The van der Waals surface area contributed by atoms with Gasteiger partial charge < -0.3 is 5.32 Å². The summed E-state index contributed by atoms with van der Waals surface area (Å²) in [4.78, 5) is 16.7. The van der Waals surface area contributed by atoms with Crippen molar-refractivity contribution in [2.75, 3.05) is 5.32 Å². The molecule has 0 saturated carbocycles. The number of carbonyl (C=O) groups excluding carboxylic acids is 1. The molecule has 0 spiro atoms. The number of para-hydroxylation sites is 1. The second kappa shape index (κ2) is 6.22. The maximum atomic E-state index is 12.4. The lowest BCUT2D eigenvalue weighted by Crippen LogP contribution is -2.12. The molecule has 0 fully saturated rings. The normalized spacial score (nSPS) is 10.2. The van der Waals surface area contributed by atoms with Crippen molar-refractivity contribution in [1.29, 1.82) is 0 Å². The molecule has 0 atom stereocenters.